The van der Waals surface area contributed by atoms with Crippen LogP contribution in [0.1, 0.15) is 12.8 Å². The molecule has 5 nitrogen and oxygen atoms in total. The van der Waals surface area contributed by atoms with E-state index in [4.69, 9.17) is 5.73 Å². The number of hydrogen-bond acceptors (Lipinski definition) is 4. The Morgan fingerprint density at radius 1 is 1.37 bits per heavy atom. The molecular formula is C12H13F2N3O2. The van der Waals surface area contributed by atoms with E-state index in [0.717, 1.165) is 11.0 Å². The molecule has 1 fully saturated rings. The quantitative estimate of drug-likeness (QED) is 0.623. The lowest BCUT2D eigenvalue weighted by atomic mass is 10.0. The van der Waals surface area contributed by atoms with Crippen LogP contribution in [0.3, 0.4) is 0 Å². The molecule has 1 aliphatic heterocycles. The van der Waals surface area contributed by atoms with E-state index in [0.29, 0.717) is 0 Å². The Bertz CT molecular complexity index is 548. The summed E-state index contributed by atoms with van der Waals surface area (Å²) in [7, 11) is 1.35. The minimum atomic E-state index is -1.13. The van der Waals surface area contributed by atoms with Gasteiger partial charge in [0, 0.05) is 13.5 Å². The van der Waals surface area contributed by atoms with E-state index in [9.17, 15) is 18.4 Å². The van der Waals surface area contributed by atoms with E-state index < -0.39 is 23.6 Å². The number of rotatable bonds is 2. The van der Waals surface area contributed by atoms with E-state index in [2.05, 4.69) is 5.32 Å². The Morgan fingerprint density at radius 3 is 2.74 bits per heavy atom. The van der Waals surface area contributed by atoms with Crippen molar-refractivity contribution in [2.24, 2.45) is 0 Å². The fourth-order valence-electron chi connectivity index (χ4n) is 1.94. The van der Waals surface area contributed by atoms with Crippen LogP contribution >= 0.6 is 0 Å². The van der Waals surface area contributed by atoms with Crippen molar-refractivity contribution in [3.05, 3.63) is 23.8 Å². The van der Waals surface area contributed by atoms with Gasteiger partial charge >= 0.3 is 0 Å². The first-order valence-corrected chi connectivity index (χ1v) is 5.72. The molecule has 1 aromatic carbocycles. The molecule has 3 N–H and O–H groups in total. The monoisotopic (exact) mass is 269 g/mol. The smallest absolute Gasteiger partial charge is 0.251 e. The average Bonchev–Trinajstić information content (AvgIpc) is 2.39. The summed E-state index contributed by atoms with van der Waals surface area (Å²) >= 11 is 0. The van der Waals surface area contributed by atoms with Crippen molar-refractivity contribution in [1.82, 2.24) is 4.90 Å². The van der Waals surface area contributed by atoms with E-state index in [1.54, 1.807) is 0 Å². The molecule has 1 heterocycles. The lowest BCUT2D eigenvalue weighted by Gasteiger charge is -2.29. The van der Waals surface area contributed by atoms with Crippen LogP contribution in [-0.4, -0.2) is 29.8 Å². The van der Waals surface area contributed by atoms with Gasteiger partial charge in [-0.2, -0.15) is 0 Å². The highest BCUT2D eigenvalue weighted by Crippen LogP contribution is 2.27. The largest absolute Gasteiger partial charge is 0.397 e. The van der Waals surface area contributed by atoms with Crippen molar-refractivity contribution in [2.75, 3.05) is 18.1 Å². The molecule has 1 unspecified atom stereocenters. The predicted molar refractivity (Wildman–Crippen MR) is 65.2 cm³/mol. The molecule has 0 bridgehead atoms. The van der Waals surface area contributed by atoms with E-state index >= 15 is 0 Å². The van der Waals surface area contributed by atoms with Gasteiger partial charge < -0.3 is 11.1 Å². The van der Waals surface area contributed by atoms with Gasteiger partial charge in [-0.3, -0.25) is 14.5 Å². The number of likely N-dealkylation sites (N-methyl/N-ethyl adjacent to an activating group) is 1. The molecule has 1 saturated heterocycles. The highest BCUT2D eigenvalue weighted by molar-refractivity contribution is 6.01. The third kappa shape index (κ3) is 2.35. The lowest BCUT2D eigenvalue weighted by molar-refractivity contribution is -0.146. The fourth-order valence-corrected chi connectivity index (χ4v) is 1.94. The van der Waals surface area contributed by atoms with Crippen molar-refractivity contribution < 1.29 is 18.4 Å². The molecular weight excluding hydrogens is 256 g/mol. The highest BCUT2D eigenvalue weighted by Gasteiger charge is 2.32. The second-order valence-corrected chi connectivity index (χ2v) is 4.35. The number of benzene rings is 1. The number of nitrogens with two attached hydrogens (primary N) is 1. The van der Waals surface area contributed by atoms with Gasteiger partial charge in [-0.1, -0.05) is 0 Å². The van der Waals surface area contributed by atoms with Crippen LogP contribution < -0.4 is 11.1 Å². The minimum Gasteiger partial charge on any atom is -0.397 e. The maximum atomic E-state index is 13.6. The van der Waals surface area contributed by atoms with Crippen LogP contribution in [-0.2, 0) is 9.59 Å². The van der Waals surface area contributed by atoms with Gasteiger partial charge in [0.2, 0.25) is 5.91 Å². The molecule has 7 heteroatoms. The molecule has 0 aromatic heterocycles. The number of nitrogens with zero attached hydrogens (tertiary/aromatic N) is 1. The van der Waals surface area contributed by atoms with Crippen molar-refractivity contribution >= 4 is 23.2 Å². The van der Waals surface area contributed by atoms with Crippen LogP contribution in [0.4, 0.5) is 20.2 Å². The number of imide groups is 1. The van der Waals surface area contributed by atoms with E-state index in [-0.39, 0.29) is 30.1 Å². The second-order valence-electron chi connectivity index (χ2n) is 4.35. The summed E-state index contributed by atoms with van der Waals surface area (Å²) in [5.41, 5.74) is 5.31. The normalized spacial score (nSPS) is 19.7. The zero-order valence-corrected chi connectivity index (χ0v) is 10.2. The maximum Gasteiger partial charge on any atom is 0.251 e. The van der Waals surface area contributed by atoms with Gasteiger partial charge in [0.25, 0.3) is 5.91 Å². The number of anilines is 2. The van der Waals surface area contributed by atoms with Gasteiger partial charge in [-0.15, -0.1) is 0 Å². The molecule has 2 rings (SSSR count). The second kappa shape index (κ2) is 4.83. The summed E-state index contributed by atoms with van der Waals surface area (Å²) in [6, 6.07) is 1.33. The molecule has 0 radical (unpaired) electrons. The molecule has 19 heavy (non-hydrogen) atoms. The van der Waals surface area contributed by atoms with Crippen LogP contribution in [0, 0.1) is 11.6 Å². The molecule has 0 saturated carbocycles. The average molecular weight is 269 g/mol. The summed E-state index contributed by atoms with van der Waals surface area (Å²) < 4.78 is 26.7. The standard InChI is InChI=1S/C12H13F2N3O2/c1-17-9(18)5-4-8(12(17)19)16-11-7(15)3-2-6(13)10(11)14/h2-3,8,16H,4-5,15H2,1H3. The first-order valence-electron chi connectivity index (χ1n) is 5.72. The molecule has 1 atom stereocenters. The van der Waals surface area contributed by atoms with E-state index in [1.807, 2.05) is 0 Å². The minimum absolute atomic E-state index is 0.00579. The third-order valence-corrected chi connectivity index (χ3v) is 3.10. The van der Waals surface area contributed by atoms with Gasteiger partial charge in [-0.05, 0) is 18.6 Å². The summed E-state index contributed by atoms with van der Waals surface area (Å²) in [5, 5.41) is 2.58. The molecule has 102 valence electrons. The van der Waals surface area contributed by atoms with Crippen LogP contribution in [0.5, 0.6) is 0 Å². The van der Waals surface area contributed by atoms with Gasteiger partial charge in [0.1, 0.15) is 6.04 Å². The summed E-state index contributed by atoms with van der Waals surface area (Å²) in [6.45, 7) is 0. The first kappa shape index (κ1) is 13.3. The number of piperidine rings is 1. The van der Waals surface area contributed by atoms with Crippen molar-refractivity contribution in [1.29, 1.82) is 0 Å². The lowest BCUT2D eigenvalue weighted by Crippen LogP contribution is -2.48. The Balaban J connectivity index is 2.25. The number of carbonyl (C=O) groups excluding carboxylic acids is 2. The molecule has 0 aliphatic carbocycles. The molecule has 1 aromatic rings. The Hall–Kier alpha value is -2.18. The Kier molecular flexibility index (Phi) is 3.37. The summed E-state index contributed by atoms with van der Waals surface area (Å²) in [5.74, 6) is -2.97. The van der Waals surface area contributed by atoms with Gasteiger partial charge in [0.05, 0.1) is 11.4 Å². The SMILES string of the molecule is CN1C(=O)CCC(Nc2c(N)ccc(F)c2F)C1=O. The Labute approximate surface area is 108 Å². The number of carbonyl (C=O) groups is 2. The van der Waals surface area contributed by atoms with Gasteiger partial charge in [0.15, 0.2) is 11.6 Å². The van der Waals surface area contributed by atoms with Crippen LogP contribution in [0.15, 0.2) is 12.1 Å². The summed E-state index contributed by atoms with van der Waals surface area (Å²) in [4.78, 5) is 24.1. The number of amides is 2. The number of likely N-dealkylation sites (tertiary alicyclic amines) is 1. The zero-order valence-electron chi connectivity index (χ0n) is 10.2. The molecule has 2 amide bonds. The molecule has 1 aliphatic rings. The van der Waals surface area contributed by atoms with E-state index in [1.165, 1.54) is 13.1 Å². The number of nitrogen functional groups attached to an aromatic ring is 1. The predicted octanol–water partition coefficient (Wildman–Crippen LogP) is 1.11. The number of halogens is 2. The van der Waals surface area contributed by atoms with Crippen LogP contribution in [0.2, 0.25) is 0 Å². The van der Waals surface area contributed by atoms with Crippen molar-refractivity contribution in [3.8, 4) is 0 Å². The topological polar surface area (TPSA) is 75.4 Å². The molecule has 0 spiro atoms. The first-order chi connectivity index (χ1) is 8.91. The fraction of sp³-hybridized carbons (Fsp3) is 0.333. The third-order valence-electron chi connectivity index (χ3n) is 3.10. The summed E-state index contributed by atoms with van der Waals surface area (Å²) in [6.07, 6.45) is 0.383. The van der Waals surface area contributed by atoms with Gasteiger partial charge in [-0.25, -0.2) is 8.78 Å². The van der Waals surface area contributed by atoms with Crippen molar-refractivity contribution in [3.63, 3.8) is 0 Å². The number of nitrogens with one attached hydrogen (secondary N) is 1. The maximum absolute atomic E-state index is 13.6. The number of hydrogen-bond donors (Lipinski definition) is 2. The van der Waals surface area contributed by atoms with Crippen LogP contribution in [0.25, 0.3) is 0 Å². The zero-order chi connectivity index (χ0) is 14.2. The van der Waals surface area contributed by atoms with Crippen molar-refractivity contribution in [2.45, 2.75) is 18.9 Å². The highest BCUT2D eigenvalue weighted by atomic mass is 19.2. The Morgan fingerprint density at radius 2 is 2.05 bits per heavy atom.